The highest BCUT2D eigenvalue weighted by molar-refractivity contribution is 9.10. The second-order valence-electron chi connectivity index (χ2n) is 5.42. The van der Waals surface area contributed by atoms with Crippen LogP contribution in [0.3, 0.4) is 0 Å². The van der Waals surface area contributed by atoms with E-state index in [1.54, 1.807) is 39.0 Å². The van der Waals surface area contributed by atoms with Gasteiger partial charge in [-0.05, 0) is 24.3 Å². The number of benzene rings is 1. The summed E-state index contributed by atoms with van der Waals surface area (Å²) < 4.78 is 6.25. The SMILES string of the molecule is C#CCOc1ccc(Br)cc1/C=C(\C#N)C(=O)C(C)(C)C. The van der Waals surface area contributed by atoms with E-state index in [1.807, 2.05) is 6.07 Å². The van der Waals surface area contributed by atoms with E-state index in [4.69, 9.17) is 11.2 Å². The van der Waals surface area contributed by atoms with Crippen LogP contribution in [0.15, 0.2) is 28.2 Å². The molecule has 108 valence electrons. The van der Waals surface area contributed by atoms with Crippen LogP contribution in [0.1, 0.15) is 26.3 Å². The van der Waals surface area contributed by atoms with Gasteiger partial charge in [0.1, 0.15) is 18.4 Å². The Labute approximate surface area is 133 Å². The fraction of sp³-hybridized carbons (Fsp3) is 0.294. The predicted octanol–water partition coefficient (Wildman–Crippen LogP) is 3.98. The van der Waals surface area contributed by atoms with Gasteiger partial charge in [-0.25, -0.2) is 0 Å². The minimum atomic E-state index is -0.618. The average molecular weight is 346 g/mol. The highest BCUT2D eigenvalue weighted by Crippen LogP contribution is 2.27. The lowest BCUT2D eigenvalue weighted by molar-refractivity contribution is -0.121. The molecule has 21 heavy (non-hydrogen) atoms. The number of halogens is 1. The molecule has 0 spiro atoms. The molecule has 0 aromatic heterocycles. The number of allylic oxidation sites excluding steroid dienone is 1. The molecule has 0 bridgehead atoms. The Kier molecular flexibility index (Phi) is 5.76. The largest absolute Gasteiger partial charge is 0.480 e. The Morgan fingerprint density at radius 3 is 2.67 bits per heavy atom. The van der Waals surface area contributed by atoms with Crippen LogP contribution in [0.2, 0.25) is 0 Å². The maximum absolute atomic E-state index is 12.2. The lowest BCUT2D eigenvalue weighted by Gasteiger charge is -2.16. The minimum Gasteiger partial charge on any atom is -0.480 e. The zero-order chi connectivity index (χ0) is 16.0. The standard InChI is InChI=1S/C17H16BrNO2/c1-5-8-21-15-7-6-14(18)10-12(15)9-13(11-19)16(20)17(2,3)4/h1,6-7,9-10H,8H2,2-4H3/b13-9+. The molecule has 0 N–H and O–H groups in total. The summed E-state index contributed by atoms with van der Waals surface area (Å²) in [6.45, 7) is 5.45. The van der Waals surface area contributed by atoms with E-state index >= 15 is 0 Å². The second-order valence-corrected chi connectivity index (χ2v) is 6.34. The van der Waals surface area contributed by atoms with Crippen molar-refractivity contribution in [1.82, 2.24) is 0 Å². The number of carbonyl (C=O) groups is 1. The molecular weight excluding hydrogens is 330 g/mol. The average Bonchev–Trinajstić information content (AvgIpc) is 2.42. The number of nitriles is 1. The highest BCUT2D eigenvalue weighted by Gasteiger charge is 2.25. The number of carbonyl (C=O) groups excluding carboxylic acids is 1. The van der Waals surface area contributed by atoms with Gasteiger partial charge in [0, 0.05) is 15.5 Å². The molecule has 0 saturated heterocycles. The summed E-state index contributed by atoms with van der Waals surface area (Å²) in [4.78, 5) is 12.2. The van der Waals surface area contributed by atoms with Crippen LogP contribution in [0.4, 0.5) is 0 Å². The van der Waals surface area contributed by atoms with Crippen LogP contribution in [0.5, 0.6) is 5.75 Å². The summed E-state index contributed by atoms with van der Waals surface area (Å²) in [5, 5.41) is 9.23. The summed E-state index contributed by atoms with van der Waals surface area (Å²) in [6, 6.07) is 7.28. The molecular formula is C17H16BrNO2. The third kappa shape index (κ3) is 4.77. The summed E-state index contributed by atoms with van der Waals surface area (Å²) in [7, 11) is 0. The van der Waals surface area contributed by atoms with Crippen LogP contribution >= 0.6 is 15.9 Å². The van der Waals surface area contributed by atoms with Crippen LogP contribution in [0.25, 0.3) is 6.08 Å². The van der Waals surface area contributed by atoms with Crippen molar-refractivity contribution >= 4 is 27.8 Å². The molecule has 0 fully saturated rings. The van der Waals surface area contributed by atoms with E-state index < -0.39 is 5.41 Å². The molecule has 3 nitrogen and oxygen atoms in total. The third-order valence-corrected chi connectivity index (χ3v) is 3.12. The van der Waals surface area contributed by atoms with Gasteiger partial charge < -0.3 is 4.74 Å². The van der Waals surface area contributed by atoms with Crippen LogP contribution in [-0.2, 0) is 4.79 Å². The van der Waals surface area contributed by atoms with E-state index in [1.165, 1.54) is 6.08 Å². The monoisotopic (exact) mass is 345 g/mol. The summed E-state index contributed by atoms with van der Waals surface area (Å²) in [5.74, 6) is 2.70. The van der Waals surface area contributed by atoms with Gasteiger partial charge in [0.15, 0.2) is 5.78 Å². The Morgan fingerprint density at radius 1 is 1.48 bits per heavy atom. The highest BCUT2D eigenvalue weighted by atomic mass is 79.9. The summed E-state index contributed by atoms with van der Waals surface area (Å²) in [6.07, 6.45) is 6.71. The molecule has 1 aromatic carbocycles. The summed E-state index contributed by atoms with van der Waals surface area (Å²) in [5.41, 5.74) is 0.105. The molecule has 0 aliphatic rings. The van der Waals surface area contributed by atoms with Crippen molar-refractivity contribution in [2.75, 3.05) is 6.61 Å². The van der Waals surface area contributed by atoms with Gasteiger partial charge in [0.05, 0.1) is 5.57 Å². The Hall–Kier alpha value is -2.04. The fourth-order valence-corrected chi connectivity index (χ4v) is 1.97. The van der Waals surface area contributed by atoms with Crippen molar-refractivity contribution in [2.45, 2.75) is 20.8 Å². The number of ether oxygens (including phenoxy) is 1. The molecule has 0 aliphatic carbocycles. The maximum atomic E-state index is 12.2. The molecule has 1 aromatic rings. The number of rotatable bonds is 4. The Bertz CT molecular complexity index is 655. The van der Waals surface area contributed by atoms with E-state index in [9.17, 15) is 10.1 Å². The van der Waals surface area contributed by atoms with Crippen molar-refractivity contribution in [1.29, 1.82) is 5.26 Å². The third-order valence-electron chi connectivity index (χ3n) is 2.63. The van der Waals surface area contributed by atoms with E-state index in [2.05, 4.69) is 21.9 Å². The first-order valence-electron chi connectivity index (χ1n) is 6.32. The van der Waals surface area contributed by atoms with Gasteiger partial charge >= 0.3 is 0 Å². The smallest absolute Gasteiger partial charge is 0.178 e. The maximum Gasteiger partial charge on any atom is 0.178 e. The fourth-order valence-electron chi connectivity index (χ4n) is 1.59. The quantitative estimate of drug-likeness (QED) is 0.471. The van der Waals surface area contributed by atoms with Crippen molar-refractivity contribution in [3.63, 3.8) is 0 Å². The molecule has 0 aliphatic heterocycles. The lowest BCUT2D eigenvalue weighted by atomic mass is 9.86. The Balaban J connectivity index is 3.29. The number of Topliss-reactive ketones (excluding diaryl/α,β-unsaturated/α-hetero) is 1. The van der Waals surface area contributed by atoms with Gasteiger partial charge in [-0.3, -0.25) is 4.79 Å². The van der Waals surface area contributed by atoms with Crippen LogP contribution in [0, 0.1) is 29.1 Å². The van der Waals surface area contributed by atoms with E-state index in [-0.39, 0.29) is 18.0 Å². The van der Waals surface area contributed by atoms with Gasteiger partial charge in [-0.15, -0.1) is 6.42 Å². The first-order valence-corrected chi connectivity index (χ1v) is 7.11. The minimum absolute atomic E-state index is 0.0890. The number of ketones is 1. The van der Waals surface area contributed by atoms with Gasteiger partial charge in [0.2, 0.25) is 0 Å². The molecule has 0 unspecified atom stereocenters. The molecule has 4 heteroatoms. The van der Waals surface area contributed by atoms with Crippen molar-refractivity contribution in [2.24, 2.45) is 5.41 Å². The summed E-state index contributed by atoms with van der Waals surface area (Å²) >= 11 is 3.36. The molecule has 0 saturated carbocycles. The zero-order valence-electron chi connectivity index (χ0n) is 12.2. The topological polar surface area (TPSA) is 50.1 Å². The predicted molar refractivity (Wildman–Crippen MR) is 86.5 cm³/mol. The van der Waals surface area contributed by atoms with Crippen LogP contribution < -0.4 is 4.74 Å². The molecule has 0 amide bonds. The van der Waals surface area contributed by atoms with Gasteiger partial charge in [-0.1, -0.05) is 42.6 Å². The van der Waals surface area contributed by atoms with E-state index in [0.29, 0.717) is 11.3 Å². The molecule has 1 rings (SSSR count). The van der Waals surface area contributed by atoms with Crippen molar-refractivity contribution < 1.29 is 9.53 Å². The number of hydrogen-bond donors (Lipinski definition) is 0. The number of hydrogen-bond acceptors (Lipinski definition) is 3. The molecule has 0 radical (unpaired) electrons. The van der Waals surface area contributed by atoms with E-state index in [0.717, 1.165) is 4.47 Å². The zero-order valence-corrected chi connectivity index (χ0v) is 13.8. The second kappa shape index (κ2) is 7.11. The Morgan fingerprint density at radius 2 is 2.14 bits per heavy atom. The first-order chi connectivity index (χ1) is 9.79. The van der Waals surface area contributed by atoms with Crippen LogP contribution in [-0.4, -0.2) is 12.4 Å². The molecule has 0 heterocycles. The molecule has 0 atom stereocenters. The van der Waals surface area contributed by atoms with Gasteiger partial charge in [0.25, 0.3) is 0 Å². The normalized spacial score (nSPS) is 11.4. The first kappa shape index (κ1) is 17.0. The lowest BCUT2D eigenvalue weighted by Crippen LogP contribution is -2.21. The van der Waals surface area contributed by atoms with Crippen molar-refractivity contribution in [3.05, 3.63) is 33.8 Å². The van der Waals surface area contributed by atoms with Crippen molar-refractivity contribution in [3.8, 4) is 24.2 Å². The van der Waals surface area contributed by atoms with Gasteiger partial charge in [-0.2, -0.15) is 5.26 Å². The number of terminal acetylenes is 1. The number of nitrogens with zero attached hydrogens (tertiary/aromatic N) is 1.